The highest BCUT2D eigenvalue weighted by molar-refractivity contribution is 9.10. The van der Waals surface area contributed by atoms with Crippen molar-refractivity contribution in [3.63, 3.8) is 0 Å². The first kappa shape index (κ1) is 17.1. The second-order valence-electron chi connectivity index (χ2n) is 7.77. The fourth-order valence-corrected chi connectivity index (χ4v) is 2.57. The Hall–Kier alpha value is -1.28. The molecule has 0 fully saturated rings. The summed E-state index contributed by atoms with van der Waals surface area (Å²) in [4.78, 5) is 0. The average molecular weight is 361 g/mol. The predicted octanol–water partition coefficient (Wildman–Crippen LogP) is 6.84. The van der Waals surface area contributed by atoms with Crippen molar-refractivity contribution >= 4 is 15.9 Å². The Balaban J connectivity index is 2.44. The van der Waals surface area contributed by atoms with E-state index in [2.05, 4.69) is 75.7 Å². The third kappa shape index (κ3) is 4.13. The fourth-order valence-electron chi connectivity index (χ4n) is 2.30. The standard InChI is InChI=1S/C20H25BrO/c1-19(2,3)14-7-12-18(17(13-14)20(4,5)6)22-16-10-8-15(21)9-11-16/h7-13H,1-6H3. The van der Waals surface area contributed by atoms with Crippen molar-refractivity contribution in [1.82, 2.24) is 0 Å². The van der Waals surface area contributed by atoms with Gasteiger partial charge in [0.25, 0.3) is 0 Å². The van der Waals surface area contributed by atoms with E-state index in [1.807, 2.05) is 24.3 Å². The van der Waals surface area contributed by atoms with Gasteiger partial charge in [-0.1, -0.05) is 69.6 Å². The summed E-state index contributed by atoms with van der Waals surface area (Å²) in [5.41, 5.74) is 2.74. The number of benzene rings is 2. The Bertz CT molecular complexity index is 643. The highest BCUT2D eigenvalue weighted by Crippen LogP contribution is 2.37. The van der Waals surface area contributed by atoms with E-state index >= 15 is 0 Å². The van der Waals surface area contributed by atoms with E-state index < -0.39 is 0 Å². The van der Waals surface area contributed by atoms with Gasteiger partial charge in [0.05, 0.1) is 0 Å². The van der Waals surface area contributed by atoms with E-state index in [4.69, 9.17) is 4.74 Å². The zero-order valence-corrected chi connectivity index (χ0v) is 15.9. The minimum absolute atomic E-state index is 0.0337. The van der Waals surface area contributed by atoms with E-state index in [9.17, 15) is 0 Å². The quantitative estimate of drug-likeness (QED) is 0.569. The van der Waals surface area contributed by atoms with E-state index in [0.717, 1.165) is 16.0 Å². The van der Waals surface area contributed by atoms with Gasteiger partial charge >= 0.3 is 0 Å². The lowest BCUT2D eigenvalue weighted by Gasteiger charge is -2.27. The van der Waals surface area contributed by atoms with Crippen molar-refractivity contribution in [1.29, 1.82) is 0 Å². The van der Waals surface area contributed by atoms with Crippen molar-refractivity contribution in [2.45, 2.75) is 52.4 Å². The molecule has 0 aliphatic heterocycles. The van der Waals surface area contributed by atoms with Crippen LogP contribution in [-0.2, 0) is 10.8 Å². The van der Waals surface area contributed by atoms with Crippen LogP contribution in [0.4, 0.5) is 0 Å². The molecule has 0 N–H and O–H groups in total. The molecule has 2 heteroatoms. The maximum Gasteiger partial charge on any atom is 0.131 e. The molecule has 0 bridgehead atoms. The first-order valence-electron chi connectivity index (χ1n) is 7.66. The molecule has 0 saturated heterocycles. The number of ether oxygens (including phenoxy) is 1. The van der Waals surface area contributed by atoms with Gasteiger partial charge in [-0.25, -0.2) is 0 Å². The molecule has 0 aromatic heterocycles. The first-order chi connectivity index (χ1) is 10.1. The zero-order chi connectivity index (χ0) is 16.5. The molecule has 0 aliphatic carbocycles. The summed E-state index contributed by atoms with van der Waals surface area (Å²) < 4.78 is 7.19. The van der Waals surface area contributed by atoms with Gasteiger partial charge in [-0.2, -0.15) is 0 Å². The van der Waals surface area contributed by atoms with Gasteiger partial charge in [0.1, 0.15) is 11.5 Å². The minimum Gasteiger partial charge on any atom is -0.457 e. The van der Waals surface area contributed by atoms with Crippen LogP contribution in [0.5, 0.6) is 11.5 Å². The smallest absolute Gasteiger partial charge is 0.131 e. The summed E-state index contributed by atoms with van der Waals surface area (Å²) in [6.45, 7) is 13.4. The zero-order valence-electron chi connectivity index (χ0n) is 14.3. The maximum atomic E-state index is 6.14. The molecule has 118 valence electrons. The Morgan fingerprint density at radius 3 is 1.86 bits per heavy atom. The average Bonchev–Trinajstić information content (AvgIpc) is 2.39. The predicted molar refractivity (Wildman–Crippen MR) is 98.1 cm³/mol. The van der Waals surface area contributed by atoms with Crippen molar-refractivity contribution in [3.05, 3.63) is 58.1 Å². The molecule has 0 atom stereocenters. The largest absolute Gasteiger partial charge is 0.457 e. The number of rotatable bonds is 2. The third-order valence-corrected chi connectivity index (χ3v) is 4.22. The first-order valence-corrected chi connectivity index (χ1v) is 8.45. The Labute approximate surface area is 142 Å². The highest BCUT2D eigenvalue weighted by atomic mass is 79.9. The molecule has 0 aliphatic rings. The molecular formula is C20H25BrO. The second kappa shape index (κ2) is 6.08. The van der Waals surface area contributed by atoms with Crippen molar-refractivity contribution in [2.24, 2.45) is 0 Å². The van der Waals surface area contributed by atoms with Crippen LogP contribution in [-0.4, -0.2) is 0 Å². The molecule has 22 heavy (non-hydrogen) atoms. The lowest BCUT2D eigenvalue weighted by Crippen LogP contribution is -2.17. The number of hydrogen-bond donors (Lipinski definition) is 0. The molecule has 0 radical (unpaired) electrons. The van der Waals surface area contributed by atoms with Gasteiger partial charge in [0.2, 0.25) is 0 Å². The molecule has 2 aromatic carbocycles. The maximum absolute atomic E-state index is 6.14. The van der Waals surface area contributed by atoms with Gasteiger partial charge in [-0.3, -0.25) is 0 Å². The van der Waals surface area contributed by atoms with Gasteiger partial charge < -0.3 is 4.74 Å². The normalized spacial score (nSPS) is 12.3. The summed E-state index contributed by atoms with van der Waals surface area (Å²) in [6, 6.07) is 14.5. The number of halogens is 1. The molecule has 0 saturated carbocycles. The topological polar surface area (TPSA) is 9.23 Å². The highest BCUT2D eigenvalue weighted by Gasteiger charge is 2.23. The molecule has 0 amide bonds. The van der Waals surface area contributed by atoms with Gasteiger partial charge in [-0.15, -0.1) is 0 Å². The Morgan fingerprint density at radius 2 is 1.36 bits per heavy atom. The van der Waals surface area contributed by atoms with Crippen LogP contribution in [0.25, 0.3) is 0 Å². The lowest BCUT2D eigenvalue weighted by molar-refractivity contribution is 0.453. The molecule has 2 aromatic rings. The van der Waals surface area contributed by atoms with Crippen molar-refractivity contribution in [3.8, 4) is 11.5 Å². The van der Waals surface area contributed by atoms with E-state index in [1.165, 1.54) is 11.1 Å². The van der Waals surface area contributed by atoms with Crippen molar-refractivity contribution < 1.29 is 4.74 Å². The summed E-state index contributed by atoms with van der Waals surface area (Å²) in [7, 11) is 0. The van der Waals surface area contributed by atoms with Crippen molar-refractivity contribution in [2.75, 3.05) is 0 Å². The third-order valence-electron chi connectivity index (χ3n) is 3.70. The molecule has 0 heterocycles. The van der Waals surface area contributed by atoms with E-state index in [-0.39, 0.29) is 10.8 Å². The lowest BCUT2D eigenvalue weighted by atomic mass is 9.80. The van der Waals surface area contributed by atoms with Gasteiger partial charge in [0.15, 0.2) is 0 Å². The Morgan fingerprint density at radius 1 is 0.773 bits per heavy atom. The minimum atomic E-state index is 0.0337. The molecule has 2 rings (SSSR count). The summed E-state index contributed by atoms with van der Waals surface area (Å²) in [5.74, 6) is 1.79. The Kier molecular flexibility index (Phi) is 4.72. The van der Waals surface area contributed by atoms with Crippen LogP contribution in [0.1, 0.15) is 52.7 Å². The fraction of sp³-hybridized carbons (Fsp3) is 0.400. The molecular weight excluding hydrogens is 336 g/mol. The second-order valence-corrected chi connectivity index (χ2v) is 8.68. The molecule has 1 nitrogen and oxygen atoms in total. The van der Waals surface area contributed by atoms with Crippen LogP contribution in [0.3, 0.4) is 0 Å². The summed E-state index contributed by atoms with van der Waals surface area (Å²) in [6.07, 6.45) is 0. The number of hydrogen-bond acceptors (Lipinski definition) is 1. The van der Waals surface area contributed by atoms with Crippen LogP contribution in [0.15, 0.2) is 46.9 Å². The van der Waals surface area contributed by atoms with Crippen LogP contribution in [0, 0.1) is 0 Å². The van der Waals surface area contributed by atoms with Crippen LogP contribution >= 0.6 is 15.9 Å². The SMILES string of the molecule is CC(C)(C)c1ccc(Oc2ccc(Br)cc2)c(C(C)(C)C)c1. The summed E-state index contributed by atoms with van der Waals surface area (Å²) >= 11 is 3.45. The monoisotopic (exact) mass is 360 g/mol. The summed E-state index contributed by atoms with van der Waals surface area (Å²) in [5, 5.41) is 0. The van der Waals surface area contributed by atoms with Crippen LogP contribution < -0.4 is 4.74 Å². The van der Waals surface area contributed by atoms with E-state index in [1.54, 1.807) is 0 Å². The molecule has 0 unspecified atom stereocenters. The van der Waals surface area contributed by atoms with E-state index in [0.29, 0.717) is 0 Å². The molecule has 0 spiro atoms. The van der Waals surface area contributed by atoms with Gasteiger partial charge in [0, 0.05) is 10.0 Å². The van der Waals surface area contributed by atoms with Gasteiger partial charge in [-0.05, 0) is 46.7 Å². The van der Waals surface area contributed by atoms with Crippen LogP contribution in [0.2, 0.25) is 0 Å².